The summed E-state index contributed by atoms with van der Waals surface area (Å²) in [6.45, 7) is 2.14. The number of hydrogen-bond donors (Lipinski definition) is 3. The van der Waals surface area contributed by atoms with Crippen LogP contribution in [-0.4, -0.2) is 36.1 Å². The Bertz CT molecular complexity index is 324. The molecule has 0 aliphatic rings. The van der Waals surface area contributed by atoms with Crippen molar-refractivity contribution in [1.82, 2.24) is 5.32 Å². The Kier molecular flexibility index (Phi) is 4.73. The molecule has 0 bridgehead atoms. The van der Waals surface area contributed by atoms with Crippen LogP contribution in [0.5, 0.6) is 5.75 Å². The number of benzene rings is 1. The summed E-state index contributed by atoms with van der Waals surface area (Å²) in [4.78, 5) is 0. The summed E-state index contributed by atoms with van der Waals surface area (Å²) >= 11 is 0. The molecule has 0 aliphatic carbocycles. The molecule has 0 amide bonds. The van der Waals surface area contributed by atoms with Gasteiger partial charge in [-0.3, -0.25) is 0 Å². The molecule has 16 heavy (non-hydrogen) atoms. The Hall–Kier alpha value is -1.10. The maximum Gasteiger partial charge on any atom is 0.119 e. The lowest BCUT2D eigenvalue weighted by Crippen LogP contribution is -2.48. The van der Waals surface area contributed by atoms with Gasteiger partial charge < -0.3 is 20.3 Å². The fourth-order valence-electron chi connectivity index (χ4n) is 1.26. The van der Waals surface area contributed by atoms with E-state index in [0.29, 0.717) is 6.54 Å². The zero-order valence-electron chi connectivity index (χ0n) is 9.73. The maximum atomic E-state index is 9.12. The highest BCUT2D eigenvalue weighted by molar-refractivity contribution is 5.28. The summed E-state index contributed by atoms with van der Waals surface area (Å²) in [6.07, 6.45) is 0. The molecule has 1 rings (SSSR count). The van der Waals surface area contributed by atoms with Gasteiger partial charge in [0.2, 0.25) is 0 Å². The number of rotatable bonds is 6. The fourth-order valence-corrected chi connectivity index (χ4v) is 1.26. The van der Waals surface area contributed by atoms with Crippen molar-refractivity contribution in [3.63, 3.8) is 0 Å². The maximum absolute atomic E-state index is 9.12. The highest BCUT2D eigenvalue weighted by Crippen LogP contribution is 2.13. The SMILES string of the molecule is COc1cccc(CNC(C)(CO)CO)c1. The molecule has 0 spiro atoms. The van der Waals surface area contributed by atoms with Gasteiger partial charge in [-0.15, -0.1) is 0 Å². The van der Waals surface area contributed by atoms with E-state index in [-0.39, 0.29) is 13.2 Å². The smallest absolute Gasteiger partial charge is 0.119 e. The van der Waals surface area contributed by atoms with Gasteiger partial charge in [0.1, 0.15) is 5.75 Å². The second-order valence-corrected chi connectivity index (χ2v) is 4.08. The van der Waals surface area contributed by atoms with Gasteiger partial charge in [-0.2, -0.15) is 0 Å². The second kappa shape index (κ2) is 5.84. The topological polar surface area (TPSA) is 61.7 Å². The lowest BCUT2D eigenvalue weighted by Gasteiger charge is -2.26. The van der Waals surface area contributed by atoms with Crippen LogP contribution in [-0.2, 0) is 6.54 Å². The van der Waals surface area contributed by atoms with Gasteiger partial charge in [0.25, 0.3) is 0 Å². The number of nitrogens with one attached hydrogen (secondary N) is 1. The van der Waals surface area contributed by atoms with Crippen molar-refractivity contribution in [3.8, 4) is 5.75 Å². The first-order valence-electron chi connectivity index (χ1n) is 5.23. The van der Waals surface area contributed by atoms with Gasteiger partial charge in [0.15, 0.2) is 0 Å². The summed E-state index contributed by atoms with van der Waals surface area (Å²) in [5, 5.41) is 21.3. The first kappa shape index (κ1) is 13.0. The minimum Gasteiger partial charge on any atom is -0.497 e. The molecule has 90 valence electrons. The average Bonchev–Trinajstić information content (AvgIpc) is 2.36. The van der Waals surface area contributed by atoms with Crippen molar-refractivity contribution in [3.05, 3.63) is 29.8 Å². The van der Waals surface area contributed by atoms with Crippen LogP contribution in [0.3, 0.4) is 0 Å². The molecule has 0 fully saturated rings. The molecule has 3 N–H and O–H groups in total. The van der Waals surface area contributed by atoms with Crippen LogP contribution in [0, 0.1) is 0 Å². The van der Waals surface area contributed by atoms with E-state index in [1.54, 1.807) is 14.0 Å². The van der Waals surface area contributed by atoms with E-state index in [2.05, 4.69) is 5.32 Å². The van der Waals surface area contributed by atoms with Crippen LogP contribution < -0.4 is 10.1 Å². The average molecular weight is 225 g/mol. The van der Waals surface area contributed by atoms with E-state index in [9.17, 15) is 0 Å². The predicted molar refractivity (Wildman–Crippen MR) is 62.4 cm³/mol. The Morgan fingerprint density at radius 1 is 1.31 bits per heavy atom. The number of ether oxygens (including phenoxy) is 1. The summed E-state index contributed by atoms with van der Waals surface area (Å²) < 4.78 is 5.11. The quantitative estimate of drug-likeness (QED) is 0.661. The van der Waals surface area contributed by atoms with Crippen LogP contribution in [0.25, 0.3) is 0 Å². The van der Waals surface area contributed by atoms with Gasteiger partial charge in [-0.1, -0.05) is 12.1 Å². The Labute approximate surface area is 95.9 Å². The molecule has 0 unspecified atom stereocenters. The molecule has 4 heteroatoms. The zero-order valence-corrected chi connectivity index (χ0v) is 9.73. The minimum absolute atomic E-state index is 0.104. The third-order valence-corrected chi connectivity index (χ3v) is 2.55. The highest BCUT2D eigenvalue weighted by Gasteiger charge is 2.20. The third-order valence-electron chi connectivity index (χ3n) is 2.55. The predicted octanol–water partition coefficient (Wildman–Crippen LogP) is 0.528. The van der Waals surface area contributed by atoms with Crippen LogP contribution >= 0.6 is 0 Å². The summed E-state index contributed by atoms with van der Waals surface area (Å²) in [6, 6.07) is 7.67. The van der Waals surface area contributed by atoms with Crippen molar-refractivity contribution < 1.29 is 14.9 Å². The van der Waals surface area contributed by atoms with E-state index in [1.807, 2.05) is 24.3 Å². The molecular weight excluding hydrogens is 206 g/mol. The van der Waals surface area contributed by atoms with Gasteiger partial charge in [-0.25, -0.2) is 0 Å². The molecule has 4 nitrogen and oxygen atoms in total. The fraction of sp³-hybridized carbons (Fsp3) is 0.500. The van der Waals surface area contributed by atoms with Crippen molar-refractivity contribution in [2.75, 3.05) is 20.3 Å². The van der Waals surface area contributed by atoms with Gasteiger partial charge >= 0.3 is 0 Å². The monoisotopic (exact) mass is 225 g/mol. The van der Waals surface area contributed by atoms with Crippen LogP contribution in [0.15, 0.2) is 24.3 Å². The molecule has 0 saturated heterocycles. The lowest BCUT2D eigenvalue weighted by molar-refractivity contribution is 0.103. The first-order valence-corrected chi connectivity index (χ1v) is 5.23. The normalized spacial score (nSPS) is 11.5. The molecule has 0 aliphatic heterocycles. The van der Waals surface area contributed by atoms with E-state index < -0.39 is 5.54 Å². The zero-order chi connectivity index (χ0) is 12.0. The number of methoxy groups -OCH3 is 1. The molecule has 0 aromatic heterocycles. The van der Waals surface area contributed by atoms with Crippen LogP contribution in [0.2, 0.25) is 0 Å². The largest absolute Gasteiger partial charge is 0.497 e. The van der Waals surface area contributed by atoms with Gasteiger partial charge in [0.05, 0.1) is 25.9 Å². The highest BCUT2D eigenvalue weighted by atomic mass is 16.5. The van der Waals surface area contributed by atoms with E-state index in [1.165, 1.54) is 0 Å². The van der Waals surface area contributed by atoms with Gasteiger partial charge in [0, 0.05) is 6.54 Å². The van der Waals surface area contributed by atoms with E-state index in [0.717, 1.165) is 11.3 Å². The van der Waals surface area contributed by atoms with Crippen molar-refractivity contribution in [2.24, 2.45) is 0 Å². The summed E-state index contributed by atoms with van der Waals surface area (Å²) in [7, 11) is 1.62. The van der Waals surface area contributed by atoms with Crippen molar-refractivity contribution >= 4 is 0 Å². The molecule has 1 aromatic rings. The Balaban J connectivity index is 2.60. The lowest BCUT2D eigenvalue weighted by atomic mass is 10.0. The minimum atomic E-state index is -0.650. The second-order valence-electron chi connectivity index (χ2n) is 4.08. The molecule has 0 saturated carbocycles. The van der Waals surface area contributed by atoms with Gasteiger partial charge in [-0.05, 0) is 24.6 Å². The molecule has 1 aromatic carbocycles. The summed E-state index contributed by atoms with van der Waals surface area (Å²) in [5.41, 5.74) is 0.399. The number of aliphatic hydroxyl groups is 2. The van der Waals surface area contributed by atoms with Crippen LogP contribution in [0.4, 0.5) is 0 Å². The van der Waals surface area contributed by atoms with Crippen molar-refractivity contribution in [2.45, 2.75) is 19.0 Å². The van der Waals surface area contributed by atoms with Crippen molar-refractivity contribution in [1.29, 1.82) is 0 Å². The molecule has 0 heterocycles. The Morgan fingerprint density at radius 2 is 2.00 bits per heavy atom. The van der Waals surface area contributed by atoms with E-state index in [4.69, 9.17) is 14.9 Å². The van der Waals surface area contributed by atoms with Crippen LogP contribution in [0.1, 0.15) is 12.5 Å². The standard InChI is InChI=1S/C12H19NO3/c1-12(8-14,9-15)13-7-10-4-3-5-11(6-10)16-2/h3-6,13-15H,7-9H2,1-2H3. The van der Waals surface area contributed by atoms with E-state index >= 15 is 0 Å². The molecular formula is C12H19NO3. The number of hydrogen-bond acceptors (Lipinski definition) is 4. The first-order chi connectivity index (χ1) is 7.63. The number of aliphatic hydroxyl groups excluding tert-OH is 2. The molecule has 0 atom stereocenters. The summed E-state index contributed by atoms with van der Waals surface area (Å²) in [5.74, 6) is 0.800. The third kappa shape index (κ3) is 3.48. The Morgan fingerprint density at radius 3 is 2.56 bits per heavy atom. The molecule has 0 radical (unpaired) electrons.